The van der Waals surface area contributed by atoms with Gasteiger partial charge in [-0.15, -0.1) is 17.5 Å². The van der Waals surface area contributed by atoms with E-state index in [1.165, 1.54) is 18.4 Å². The average molecular weight is 500 g/mol. The van der Waals surface area contributed by atoms with Crippen molar-refractivity contribution in [2.75, 3.05) is 51.4 Å². The molecule has 1 aromatic carbocycles. The number of anilines is 1. The maximum atomic E-state index is 13.5. The molecule has 0 radical (unpaired) electrons. The first kappa shape index (κ1) is 24.7. The van der Waals surface area contributed by atoms with Gasteiger partial charge in [0.15, 0.2) is 5.13 Å². The largest absolute Gasteiger partial charge is 0.479 e. The Kier molecular flexibility index (Phi) is 8.35. The monoisotopic (exact) mass is 499 g/mol. The molecule has 0 aliphatic carbocycles. The number of benzene rings is 1. The van der Waals surface area contributed by atoms with E-state index in [1.807, 2.05) is 19.1 Å². The Balaban J connectivity index is 0.00000289. The quantitative estimate of drug-likeness (QED) is 0.492. The first-order valence-electron chi connectivity index (χ1n) is 10.2. The van der Waals surface area contributed by atoms with E-state index in [0.717, 1.165) is 55.0 Å². The van der Waals surface area contributed by atoms with E-state index in [4.69, 9.17) is 26.1 Å². The lowest BCUT2D eigenvalue weighted by Gasteiger charge is -2.27. The van der Waals surface area contributed by atoms with Gasteiger partial charge in [0.2, 0.25) is 5.88 Å². The second kappa shape index (κ2) is 10.8. The van der Waals surface area contributed by atoms with Crippen molar-refractivity contribution >= 4 is 56.6 Å². The average Bonchev–Trinajstić information content (AvgIpc) is 3.35. The zero-order valence-corrected chi connectivity index (χ0v) is 20.7. The molecule has 8 nitrogen and oxygen atoms in total. The minimum atomic E-state index is -0.172. The van der Waals surface area contributed by atoms with Crippen molar-refractivity contribution in [1.82, 2.24) is 19.7 Å². The number of thiazole rings is 1. The van der Waals surface area contributed by atoms with Crippen LogP contribution in [0.4, 0.5) is 5.13 Å². The third-order valence-corrected chi connectivity index (χ3v) is 6.54. The minimum absolute atomic E-state index is 0. The van der Waals surface area contributed by atoms with Crippen LogP contribution in [-0.4, -0.2) is 72.1 Å². The third kappa shape index (κ3) is 5.35. The van der Waals surface area contributed by atoms with Crippen LogP contribution in [-0.2, 0) is 11.8 Å². The summed E-state index contributed by atoms with van der Waals surface area (Å²) < 4.78 is 13.3. The number of nitrogens with zero attached hydrogens (tertiary/aromatic N) is 5. The number of carbonyl (C=O) groups excluding carboxylic acids is 1. The number of hydrogen-bond acceptors (Lipinski definition) is 7. The molecule has 0 unspecified atom stereocenters. The highest BCUT2D eigenvalue weighted by Gasteiger charge is 2.26. The molecule has 11 heteroatoms. The van der Waals surface area contributed by atoms with E-state index in [0.29, 0.717) is 28.1 Å². The number of methoxy groups -OCH3 is 1. The van der Waals surface area contributed by atoms with E-state index in [-0.39, 0.29) is 18.3 Å². The molecule has 0 atom stereocenters. The molecule has 32 heavy (non-hydrogen) atoms. The molecular formula is C21H27Cl2N5O3S. The van der Waals surface area contributed by atoms with Gasteiger partial charge in [0.25, 0.3) is 5.91 Å². The van der Waals surface area contributed by atoms with Crippen LogP contribution in [0.5, 0.6) is 5.88 Å². The Hall–Kier alpha value is -1.91. The molecular weight excluding hydrogens is 473 g/mol. The summed E-state index contributed by atoms with van der Waals surface area (Å²) in [5, 5.41) is 5.56. The third-order valence-electron chi connectivity index (χ3n) is 5.29. The highest BCUT2D eigenvalue weighted by molar-refractivity contribution is 7.22. The summed E-state index contributed by atoms with van der Waals surface area (Å²) in [6.07, 6.45) is 2.51. The van der Waals surface area contributed by atoms with Gasteiger partial charge < -0.3 is 9.47 Å². The van der Waals surface area contributed by atoms with Crippen molar-refractivity contribution in [3.63, 3.8) is 0 Å². The lowest BCUT2D eigenvalue weighted by molar-refractivity contribution is 0.0376. The van der Waals surface area contributed by atoms with Crippen LogP contribution in [0.25, 0.3) is 10.2 Å². The standard InChI is InChI=1S/C21H26ClN5O3S.ClH/c1-14-11-15(22)12-17-18(14)23-21(31-17)27(6-4-5-26-7-9-30-10-8-26)20(28)16-13-25(2)24-19(16)29-3;/h11-13H,4-10H2,1-3H3;1H. The van der Waals surface area contributed by atoms with Crippen molar-refractivity contribution in [2.24, 2.45) is 7.05 Å². The van der Waals surface area contributed by atoms with Gasteiger partial charge in [-0.3, -0.25) is 19.3 Å². The van der Waals surface area contributed by atoms with Crippen LogP contribution in [0.2, 0.25) is 5.02 Å². The van der Waals surface area contributed by atoms with Gasteiger partial charge in [-0.1, -0.05) is 22.9 Å². The lowest BCUT2D eigenvalue weighted by atomic mass is 10.2. The number of carbonyl (C=O) groups is 1. The van der Waals surface area contributed by atoms with Crippen LogP contribution in [0.3, 0.4) is 0 Å². The first-order chi connectivity index (χ1) is 15.0. The molecule has 2 aromatic heterocycles. The molecule has 1 saturated heterocycles. The first-order valence-corrected chi connectivity index (χ1v) is 11.4. The number of ether oxygens (including phenoxy) is 2. The molecule has 1 amide bonds. The highest BCUT2D eigenvalue weighted by Crippen LogP contribution is 2.34. The molecule has 3 heterocycles. The summed E-state index contributed by atoms with van der Waals surface area (Å²) >= 11 is 7.71. The fourth-order valence-electron chi connectivity index (χ4n) is 3.73. The summed E-state index contributed by atoms with van der Waals surface area (Å²) in [4.78, 5) is 22.4. The van der Waals surface area contributed by atoms with E-state index >= 15 is 0 Å². The number of rotatable bonds is 7. The predicted octanol–water partition coefficient (Wildman–Crippen LogP) is 3.79. The van der Waals surface area contributed by atoms with Gasteiger partial charge >= 0.3 is 0 Å². The van der Waals surface area contributed by atoms with Gasteiger partial charge in [0, 0.05) is 44.4 Å². The molecule has 4 rings (SSSR count). The van der Waals surface area contributed by atoms with E-state index in [2.05, 4.69) is 10.00 Å². The number of halogens is 2. The van der Waals surface area contributed by atoms with E-state index < -0.39 is 0 Å². The van der Waals surface area contributed by atoms with Crippen LogP contribution in [0.1, 0.15) is 22.3 Å². The second-order valence-corrected chi connectivity index (χ2v) is 9.00. The lowest BCUT2D eigenvalue weighted by Crippen LogP contribution is -2.39. The normalized spacial score (nSPS) is 14.4. The number of morpholine rings is 1. The molecule has 0 N–H and O–H groups in total. The number of fused-ring (bicyclic) bond motifs is 1. The molecule has 0 bridgehead atoms. The molecule has 174 valence electrons. The molecule has 0 spiro atoms. The van der Waals surface area contributed by atoms with Gasteiger partial charge in [-0.25, -0.2) is 4.98 Å². The SMILES string of the molecule is COc1nn(C)cc1C(=O)N(CCCN1CCOCC1)c1nc2c(C)cc(Cl)cc2s1.Cl. The van der Waals surface area contributed by atoms with Crippen LogP contribution in [0.15, 0.2) is 18.3 Å². The summed E-state index contributed by atoms with van der Waals surface area (Å²) in [7, 11) is 3.29. The van der Waals surface area contributed by atoms with Crippen LogP contribution < -0.4 is 9.64 Å². The number of aromatic nitrogens is 3. The van der Waals surface area contributed by atoms with Gasteiger partial charge in [-0.2, -0.15) is 0 Å². The van der Waals surface area contributed by atoms with Gasteiger partial charge in [-0.05, 0) is 31.0 Å². The number of aryl methyl sites for hydroxylation is 2. The maximum absolute atomic E-state index is 13.5. The van der Waals surface area contributed by atoms with Crippen molar-refractivity contribution < 1.29 is 14.3 Å². The topological polar surface area (TPSA) is 72.7 Å². The Morgan fingerprint density at radius 3 is 2.81 bits per heavy atom. The fourth-order valence-corrected chi connectivity index (χ4v) is 5.17. The smallest absolute Gasteiger partial charge is 0.267 e. The maximum Gasteiger partial charge on any atom is 0.267 e. The van der Waals surface area contributed by atoms with Crippen LogP contribution >= 0.6 is 35.3 Å². The number of hydrogen-bond donors (Lipinski definition) is 0. The fraction of sp³-hybridized carbons (Fsp3) is 0.476. The molecule has 1 aliphatic heterocycles. The zero-order chi connectivity index (χ0) is 22.0. The molecule has 1 aliphatic rings. The van der Waals surface area contributed by atoms with E-state index in [1.54, 1.807) is 22.8 Å². The van der Waals surface area contributed by atoms with Gasteiger partial charge in [0.1, 0.15) is 5.56 Å². The van der Waals surface area contributed by atoms with Crippen molar-refractivity contribution in [3.05, 3.63) is 34.5 Å². The highest BCUT2D eigenvalue weighted by atomic mass is 35.5. The molecule has 1 fully saturated rings. The molecule has 3 aromatic rings. The van der Waals surface area contributed by atoms with Crippen molar-refractivity contribution in [3.8, 4) is 5.88 Å². The second-order valence-electron chi connectivity index (χ2n) is 7.56. The van der Waals surface area contributed by atoms with Crippen LogP contribution in [0, 0.1) is 6.92 Å². The Labute approximate surface area is 202 Å². The van der Waals surface area contributed by atoms with Crippen molar-refractivity contribution in [2.45, 2.75) is 13.3 Å². The summed E-state index contributed by atoms with van der Waals surface area (Å²) in [5.41, 5.74) is 2.28. The van der Waals surface area contributed by atoms with E-state index in [9.17, 15) is 4.79 Å². The molecule has 0 saturated carbocycles. The van der Waals surface area contributed by atoms with Crippen molar-refractivity contribution in [1.29, 1.82) is 0 Å². The van der Waals surface area contributed by atoms with Gasteiger partial charge in [0.05, 0.1) is 30.5 Å². The summed E-state index contributed by atoms with van der Waals surface area (Å²) in [5.74, 6) is 0.140. The summed E-state index contributed by atoms with van der Waals surface area (Å²) in [6.45, 7) is 6.77. The zero-order valence-electron chi connectivity index (χ0n) is 18.3. The Bertz CT molecular complexity index is 1080. The number of amides is 1. The Morgan fingerprint density at radius 2 is 2.09 bits per heavy atom. The Morgan fingerprint density at radius 1 is 1.34 bits per heavy atom. The predicted molar refractivity (Wildman–Crippen MR) is 130 cm³/mol. The minimum Gasteiger partial charge on any atom is -0.479 e. The summed E-state index contributed by atoms with van der Waals surface area (Å²) in [6, 6.07) is 3.79.